The molecular weight excluding hydrogens is 317 g/mol. The molecule has 1 aromatic rings. The summed E-state index contributed by atoms with van der Waals surface area (Å²) >= 11 is 1.56. The maximum absolute atomic E-state index is 11.8. The zero-order valence-corrected chi connectivity index (χ0v) is 14.1. The minimum absolute atomic E-state index is 0. The van der Waals surface area contributed by atoms with E-state index in [-0.39, 0.29) is 30.7 Å². The summed E-state index contributed by atoms with van der Waals surface area (Å²) in [6, 6.07) is 0. The fraction of sp³-hybridized carbons (Fsp3) is 0.692. The molecule has 0 spiro atoms. The smallest absolute Gasteiger partial charge is 0.220 e. The lowest BCUT2D eigenvalue weighted by Crippen LogP contribution is -2.35. The Labute approximate surface area is 137 Å². The first-order chi connectivity index (χ1) is 8.75. The summed E-state index contributed by atoms with van der Waals surface area (Å²) in [6.45, 7) is 4.91. The van der Waals surface area contributed by atoms with Crippen LogP contribution in [0.5, 0.6) is 0 Å². The van der Waals surface area contributed by atoms with Gasteiger partial charge in [-0.3, -0.25) is 4.79 Å². The van der Waals surface area contributed by atoms with Crippen LogP contribution in [0, 0.1) is 11.8 Å². The van der Waals surface area contributed by atoms with Gasteiger partial charge in [0.15, 0.2) is 0 Å². The quantitative estimate of drug-likeness (QED) is 0.866. The third-order valence-corrected chi connectivity index (χ3v) is 4.23. The molecule has 20 heavy (non-hydrogen) atoms. The molecule has 1 saturated heterocycles. The Morgan fingerprint density at radius 2 is 2.40 bits per heavy atom. The van der Waals surface area contributed by atoms with Crippen LogP contribution in [0.15, 0.2) is 10.9 Å². The summed E-state index contributed by atoms with van der Waals surface area (Å²) in [7, 11) is 0. The number of carbonyl (C=O) groups excluding carboxylic acids is 1. The molecule has 2 heterocycles. The highest BCUT2D eigenvalue weighted by Crippen LogP contribution is 2.22. The van der Waals surface area contributed by atoms with E-state index < -0.39 is 0 Å². The highest BCUT2D eigenvalue weighted by atomic mass is 35.5. The van der Waals surface area contributed by atoms with E-state index in [1.807, 2.05) is 5.38 Å². The highest BCUT2D eigenvalue weighted by molar-refractivity contribution is 7.07. The Balaban J connectivity index is 0.00000180. The number of piperidine rings is 1. The van der Waals surface area contributed by atoms with Crippen LogP contribution in [0.4, 0.5) is 0 Å². The van der Waals surface area contributed by atoms with Gasteiger partial charge < -0.3 is 10.6 Å². The Hall–Kier alpha value is -0.360. The first-order valence-electron chi connectivity index (χ1n) is 6.60. The highest BCUT2D eigenvalue weighted by Gasteiger charge is 2.21. The van der Waals surface area contributed by atoms with Crippen molar-refractivity contribution in [3.63, 3.8) is 0 Å². The van der Waals surface area contributed by atoms with Crippen molar-refractivity contribution >= 4 is 42.1 Å². The lowest BCUT2D eigenvalue weighted by atomic mass is 9.85. The van der Waals surface area contributed by atoms with E-state index in [1.54, 1.807) is 16.8 Å². The Kier molecular flexibility index (Phi) is 10.2. The fourth-order valence-corrected chi connectivity index (χ4v) is 2.97. The molecule has 2 N–H and O–H groups in total. The molecular formula is C13H23Cl2N3OS. The maximum Gasteiger partial charge on any atom is 0.220 e. The number of carbonyl (C=O) groups is 1. The second-order valence-electron chi connectivity index (χ2n) is 5.04. The monoisotopic (exact) mass is 339 g/mol. The summed E-state index contributed by atoms with van der Waals surface area (Å²) in [5, 5.41) is 8.31. The van der Waals surface area contributed by atoms with Gasteiger partial charge in [0.2, 0.25) is 5.91 Å². The fourth-order valence-electron chi connectivity index (χ4n) is 2.41. The molecule has 0 saturated carbocycles. The lowest BCUT2D eigenvalue weighted by Gasteiger charge is -2.27. The van der Waals surface area contributed by atoms with Crippen LogP contribution >= 0.6 is 36.2 Å². The van der Waals surface area contributed by atoms with Crippen molar-refractivity contribution in [1.82, 2.24) is 15.6 Å². The Morgan fingerprint density at radius 3 is 3.00 bits per heavy atom. The van der Waals surface area contributed by atoms with Crippen LogP contribution in [0.3, 0.4) is 0 Å². The number of thiazole rings is 1. The van der Waals surface area contributed by atoms with E-state index >= 15 is 0 Å². The minimum atomic E-state index is 0. The summed E-state index contributed by atoms with van der Waals surface area (Å²) in [4.78, 5) is 16.0. The molecule has 1 aromatic heterocycles. The van der Waals surface area contributed by atoms with Crippen molar-refractivity contribution in [2.75, 3.05) is 13.1 Å². The molecule has 0 aliphatic carbocycles. The van der Waals surface area contributed by atoms with E-state index in [0.29, 0.717) is 24.8 Å². The average molecular weight is 340 g/mol. The number of nitrogens with zero attached hydrogens (tertiary/aromatic N) is 1. The Morgan fingerprint density at radius 1 is 1.60 bits per heavy atom. The number of aromatic nitrogens is 1. The molecule has 116 valence electrons. The molecule has 0 bridgehead atoms. The normalized spacial score (nSPS) is 19.4. The molecule has 2 unspecified atom stereocenters. The summed E-state index contributed by atoms with van der Waals surface area (Å²) in [6.07, 6.45) is 3.10. The van der Waals surface area contributed by atoms with Gasteiger partial charge in [0, 0.05) is 11.8 Å². The number of hydrogen-bond acceptors (Lipinski definition) is 4. The summed E-state index contributed by atoms with van der Waals surface area (Å²) in [5.74, 6) is 1.23. The van der Waals surface area contributed by atoms with Gasteiger partial charge in [-0.2, -0.15) is 0 Å². The van der Waals surface area contributed by atoms with Crippen molar-refractivity contribution in [3.05, 3.63) is 16.6 Å². The van der Waals surface area contributed by atoms with E-state index in [4.69, 9.17) is 0 Å². The largest absolute Gasteiger partial charge is 0.350 e. The SMILES string of the molecule is CC(CC(=O)NCc1cscn1)C1CCCNC1.Cl.Cl. The van der Waals surface area contributed by atoms with Gasteiger partial charge >= 0.3 is 0 Å². The molecule has 1 amide bonds. The number of hydrogen-bond donors (Lipinski definition) is 2. The molecule has 2 atom stereocenters. The second-order valence-corrected chi connectivity index (χ2v) is 5.76. The van der Waals surface area contributed by atoms with E-state index in [0.717, 1.165) is 18.8 Å². The molecule has 1 fully saturated rings. The van der Waals surface area contributed by atoms with Gasteiger partial charge in [0.1, 0.15) is 0 Å². The van der Waals surface area contributed by atoms with Crippen molar-refractivity contribution in [2.24, 2.45) is 11.8 Å². The molecule has 2 rings (SSSR count). The van der Waals surface area contributed by atoms with Crippen molar-refractivity contribution in [3.8, 4) is 0 Å². The summed E-state index contributed by atoms with van der Waals surface area (Å²) in [5.41, 5.74) is 2.73. The van der Waals surface area contributed by atoms with Crippen molar-refractivity contribution in [1.29, 1.82) is 0 Å². The maximum atomic E-state index is 11.8. The van der Waals surface area contributed by atoms with Crippen molar-refractivity contribution < 1.29 is 4.79 Å². The average Bonchev–Trinajstić information content (AvgIpc) is 2.90. The molecule has 7 heteroatoms. The molecule has 0 radical (unpaired) electrons. The van der Waals surface area contributed by atoms with Gasteiger partial charge in [0.25, 0.3) is 0 Å². The van der Waals surface area contributed by atoms with E-state index in [2.05, 4.69) is 22.5 Å². The van der Waals surface area contributed by atoms with Crippen LogP contribution in [-0.2, 0) is 11.3 Å². The molecule has 1 aliphatic heterocycles. The van der Waals surface area contributed by atoms with Crippen LogP contribution in [-0.4, -0.2) is 24.0 Å². The number of amides is 1. The lowest BCUT2D eigenvalue weighted by molar-refractivity contribution is -0.122. The van der Waals surface area contributed by atoms with Gasteiger partial charge in [-0.15, -0.1) is 36.2 Å². The van der Waals surface area contributed by atoms with Crippen LogP contribution in [0.2, 0.25) is 0 Å². The molecule has 4 nitrogen and oxygen atoms in total. The standard InChI is InChI=1S/C13H21N3OS.2ClH/c1-10(11-3-2-4-14-6-11)5-13(17)15-7-12-8-18-9-16-12;;/h8-11,14H,2-7H2,1H3,(H,15,17);2*1H. The predicted molar refractivity (Wildman–Crippen MR) is 87.8 cm³/mol. The van der Waals surface area contributed by atoms with Gasteiger partial charge in [-0.05, 0) is 37.8 Å². The molecule has 1 aliphatic rings. The third-order valence-electron chi connectivity index (χ3n) is 3.60. The zero-order valence-electron chi connectivity index (χ0n) is 11.6. The van der Waals surface area contributed by atoms with Gasteiger partial charge in [-0.25, -0.2) is 4.98 Å². The van der Waals surface area contributed by atoms with E-state index in [1.165, 1.54) is 12.8 Å². The van der Waals surface area contributed by atoms with Crippen LogP contribution < -0.4 is 10.6 Å². The summed E-state index contributed by atoms with van der Waals surface area (Å²) < 4.78 is 0. The van der Waals surface area contributed by atoms with Crippen LogP contribution in [0.1, 0.15) is 31.9 Å². The van der Waals surface area contributed by atoms with Crippen LogP contribution in [0.25, 0.3) is 0 Å². The minimum Gasteiger partial charge on any atom is -0.350 e. The third kappa shape index (κ3) is 6.39. The number of rotatable bonds is 5. The van der Waals surface area contributed by atoms with Gasteiger partial charge in [0.05, 0.1) is 17.7 Å². The Bertz CT molecular complexity index is 370. The number of halogens is 2. The topological polar surface area (TPSA) is 54.0 Å². The van der Waals surface area contributed by atoms with Gasteiger partial charge in [-0.1, -0.05) is 6.92 Å². The first-order valence-corrected chi connectivity index (χ1v) is 7.54. The van der Waals surface area contributed by atoms with Crippen molar-refractivity contribution in [2.45, 2.75) is 32.7 Å². The van der Waals surface area contributed by atoms with E-state index in [9.17, 15) is 4.79 Å². The first kappa shape index (κ1) is 19.6. The zero-order chi connectivity index (χ0) is 12.8. The second kappa shape index (κ2) is 10.4. The number of nitrogens with one attached hydrogen (secondary N) is 2. The predicted octanol–water partition coefficient (Wildman–Crippen LogP) is 2.63. The molecule has 0 aromatic carbocycles.